The van der Waals surface area contributed by atoms with Crippen LogP contribution in [0.3, 0.4) is 0 Å². The van der Waals surface area contributed by atoms with Gasteiger partial charge in [0.15, 0.2) is 0 Å². The number of ether oxygens (including phenoxy) is 1. The summed E-state index contributed by atoms with van der Waals surface area (Å²) in [5, 5.41) is 0.0106. The number of nitrogens with one attached hydrogen (secondary N) is 2. The fraction of sp³-hybridized carbons (Fsp3) is 0.500. The second-order valence-electron chi connectivity index (χ2n) is 3.17. The van der Waals surface area contributed by atoms with Crippen LogP contribution in [0.2, 0.25) is 5.02 Å². The molecule has 0 atom stereocenters. The highest BCUT2D eigenvalue weighted by atomic mass is 35.5. The van der Waals surface area contributed by atoms with Gasteiger partial charge in [0.05, 0.1) is 13.2 Å². The molecule has 0 radical (unpaired) electrons. The lowest BCUT2D eigenvalue weighted by Crippen LogP contribution is -2.39. The number of aromatic amines is 2. The Balaban J connectivity index is 2.42. The Morgan fingerprint density at radius 3 is 2.53 bits per heavy atom. The van der Waals surface area contributed by atoms with E-state index < -0.39 is 11.2 Å². The summed E-state index contributed by atoms with van der Waals surface area (Å²) in [5.41, 5.74) is -1.12. The van der Waals surface area contributed by atoms with E-state index in [4.69, 9.17) is 16.3 Å². The molecule has 0 saturated carbocycles. The second kappa shape index (κ2) is 4.08. The van der Waals surface area contributed by atoms with Gasteiger partial charge in [-0.1, -0.05) is 11.6 Å². The maximum atomic E-state index is 11.2. The van der Waals surface area contributed by atoms with Gasteiger partial charge in [-0.05, 0) is 0 Å². The third-order valence-corrected chi connectivity index (χ3v) is 2.54. The lowest BCUT2D eigenvalue weighted by atomic mass is 10.4. The number of anilines is 1. The van der Waals surface area contributed by atoms with Gasteiger partial charge in [0.1, 0.15) is 10.8 Å². The smallest absolute Gasteiger partial charge is 0.327 e. The molecule has 15 heavy (non-hydrogen) atoms. The Kier molecular flexibility index (Phi) is 2.79. The third kappa shape index (κ3) is 2.05. The van der Waals surface area contributed by atoms with Crippen molar-refractivity contribution in [2.75, 3.05) is 31.2 Å². The molecule has 0 amide bonds. The predicted molar refractivity (Wildman–Crippen MR) is 55.7 cm³/mol. The van der Waals surface area contributed by atoms with Crippen LogP contribution in [-0.2, 0) is 4.74 Å². The minimum Gasteiger partial charge on any atom is -0.378 e. The molecular formula is C8H10ClN3O3. The topological polar surface area (TPSA) is 78.2 Å². The molecule has 1 aromatic rings. The molecule has 1 aliphatic rings. The first-order valence-electron chi connectivity index (χ1n) is 4.53. The summed E-state index contributed by atoms with van der Waals surface area (Å²) >= 11 is 5.80. The zero-order valence-corrected chi connectivity index (χ0v) is 8.63. The molecule has 1 saturated heterocycles. The molecule has 82 valence electrons. The molecule has 2 rings (SSSR count). The summed E-state index contributed by atoms with van der Waals surface area (Å²) in [7, 11) is 0. The van der Waals surface area contributed by atoms with Crippen molar-refractivity contribution in [3.63, 3.8) is 0 Å². The van der Waals surface area contributed by atoms with Gasteiger partial charge in [-0.25, -0.2) is 4.79 Å². The monoisotopic (exact) mass is 231 g/mol. The molecule has 0 aromatic carbocycles. The zero-order chi connectivity index (χ0) is 10.8. The SMILES string of the molecule is O=c1[nH]c(N2CCOCC2)c(Cl)c(=O)[nH]1. The summed E-state index contributed by atoms with van der Waals surface area (Å²) < 4.78 is 5.16. The third-order valence-electron chi connectivity index (χ3n) is 2.19. The molecule has 1 aliphatic heterocycles. The molecule has 2 heterocycles. The highest BCUT2D eigenvalue weighted by Crippen LogP contribution is 2.17. The Hall–Kier alpha value is -1.27. The molecule has 6 nitrogen and oxygen atoms in total. The van der Waals surface area contributed by atoms with Crippen molar-refractivity contribution in [2.24, 2.45) is 0 Å². The van der Waals surface area contributed by atoms with Crippen molar-refractivity contribution < 1.29 is 4.74 Å². The van der Waals surface area contributed by atoms with E-state index in [1.54, 1.807) is 0 Å². The molecule has 1 aromatic heterocycles. The lowest BCUT2D eigenvalue weighted by Gasteiger charge is -2.28. The number of hydrogen-bond donors (Lipinski definition) is 2. The van der Waals surface area contributed by atoms with Crippen LogP contribution in [0.5, 0.6) is 0 Å². The Labute approximate surface area is 89.8 Å². The molecule has 0 unspecified atom stereocenters. The van der Waals surface area contributed by atoms with Gasteiger partial charge < -0.3 is 9.64 Å². The summed E-state index contributed by atoms with van der Waals surface area (Å²) in [6.45, 7) is 2.34. The van der Waals surface area contributed by atoms with E-state index in [0.717, 1.165) is 0 Å². The minimum absolute atomic E-state index is 0.0106. The van der Waals surface area contributed by atoms with E-state index in [1.807, 2.05) is 4.90 Å². The van der Waals surface area contributed by atoms with Crippen molar-refractivity contribution in [3.8, 4) is 0 Å². The summed E-state index contributed by atoms with van der Waals surface area (Å²) in [5.74, 6) is 0.369. The van der Waals surface area contributed by atoms with Crippen LogP contribution >= 0.6 is 11.6 Å². The predicted octanol–water partition coefficient (Wildman–Crippen LogP) is -0.447. The van der Waals surface area contributed by atoms with Crippen LogP contribution in [0.15, 0.2) is 9.59 Å². The fourth-order valence-corrected chi connectivity index (χ4v) is 1.68. The van der Waals surface area contributed by atoms with Crippen molar-refractivity contribution in [1.29, 1.82) is 0 Å². The van der Waals surface area contributed by atoms with Gasteiger partial charge in [-0.2, -0.15) is 0 Å². The highest BCUT2D eigenvalue weighted by molar-refractivity contribution is 6.32. The van der Waals surface area contributed by atoms with Crippen LogP contribution in [-0.4, -0.2) is 36.3 Å². The molecule has 0 bridgehead atoms. The average molecular weight is 232 g/mol. The van der Waals surface area contributed by atoms with Crippen LogP contribution in [0.25, 0.3) is 0 Å². The van der Waals surface area contributed by atoms with E-state index in [0.29, 0.717) is 32.1 Å². The van der Waals surface area contributed by atoms with Gasteiger partial charge in [-0.15, -0.1) is 0 Å². The van der Waals surface area contributed by atoms with E-state index in [-0.39, 0.29) is 5.02 Å². The van der Waals surface area contributed by atoms with Crippen LogP contribution < -0.4 is 16.1 Å². The van der Waals surface area contributed by atoms with Gasteiger partial charge in [0, 0.05) is 13.1 Å². The average Bonchev–Trinajstić information content (AvgIpc) is 2.24. The number of morpholine rings is 1. The van der Waals surface area contributed by atoms with Gasteiger partial charge in [0.25, 0.3) is 5.56 Å². The second-order valence-corrected chi connectivity index (χ2v) is 3.55. The Morgan fingerprint density at radius 2 is 1.87 bits per heavy atom. The normalized spacial score (nSPS) is 16.7. The fourth-order valence-electron chi connectivity index (χ4n) is 1.46. The van der Waals surface area contributed by atoms with Crippen molar-refractivity contribution in [3.05, 3.63) is 25.9 Å². The number of H-pyrrole nitrogens is 2. The van der Waals surface area contributed by atoms with Crippen LogP contribution in [0.1, 0.15) is 0 Å². The standard InChI is InChI=1S/C8H10ClN3O3/c9-5-6(10-8(14)11-7(5)13)12-1-3-15-4-2-12/h1-4H2,(H2,10,11,13,14). The lowest BCUT2D eigenvalue weighted by molar-refractivity contribution is 0.122. The van der Waals surface area contributed by atoms with E-state index in [9.17, 15) is 9.59 Å². The quantitative estimate of drug-likeness (QED) is 0.687. The highest BCUT2D eigenvalue weighted by Gasteiger charge is 2.16. The largest absolute Gasteiger partial charge is 0.378 e. The van der Waals surface area contributed by atoms with Crippen LogP contribution in [0, 0.1) is 0 Å². The van der Waals surface area contributed by atoms with E-state index in [2.05, 4.69) is 9.97 Å². The summed E-state index contributed by atoms with van der Waals surface area (Å²) in [6.07, 6.45) is 0. The van der Waals surface area contributed by atoms with E-state index >= 15 is 0 Å². The summed E-state index contributed by atoms with van der Waals surface area (Å²) in [4.78, 5) is 28.7. The molecule has 2 N–H and O–H groups in total. The van der Waals surface area contributed by atoms with Crippen molar-refractivity contribution in [2.45, 2.75) is 0 Å². The molecule has 0 aliphatic carbocycles. The number of halogens is 1. The molecule has 0 spiro atoms. The number of nitrogens with zero attached hydrogens (tertiary/aromatic N) is 1. The molecule has 1 fully saturated rings. The first-order valence-corrected chi connectivity index (χ1v) is 4.91. The number of aromatic nitrogens is 2. The van der Waals surface area contributed by atoms with Gasteiger partial charge in [0.2, 0.25) is 0 Å². The summed E-state index contributed by atoms with van der Waals surface area (Å²) in [6, 6.07) is 0. The Bertz CT molecular complexity index is 461. The van der Waals surface area contributed by atoms with Crippen LogP contribution in [0.4, 0.5) is 5.82 Å². The van der Waals surface area contributed by atoms with Gasteiger partial charge >= 0.3 is 5.69 Å². The maximum absolute atomic E-state index is 11.2. The molecule has 7 heteroatoms. The minimum atomic E-state index is -0.568. The Morgan fingerprint density at radius 1 is 1.20 bits per heavy atom. The van der Waals surface area contributed by atoms with Crippen molar-refractivity contribution in [1.82, 2.24) is 9.97 Å². The maximum Gasteiger partial charge on any atom is 0.327 e. The first-order chi connectivity index (χ1) is 7.18. The van der Waals surface area contributed by atoms with E-state index in [1.165, 1.54) is 0 Å². The zero-order valence-electron chi connectivity index (χ0n) is 7.88. The number of hydrogen-bond acceptors (Lipinski definition) is 4. The first kappa shape index (κ1) is 10.3. The van der Waals surface area contributed by atoms with Crippen molar-refractivity contribution >= 4 is 17.4 Å². The molecular weight excluding hydrogens is 222 g/mol. The van der Waals surface area contributed by atoms with Gasteiger partial charge in [-0.3, -0.25) is 14.8 Å². The number of rotatable bonds is 1.